The molecule has 0 spiro atoms. The molecule has 2 aromatic carbocycles. The van der Waals surface area contributed by atoms with Gasteiger partial charge >= 0.3 is 5.97 Å². The van der Waals surface area contributed by atoms with Gasteiger partial charge in [0, 0.05) is 10.9 Å². The molecule has 3 aromatic rings. The molecule has 0 amide bonds. The maximum Gasteiger partial charge on any atom is 0.307 e. The van der Waals surface area contributed by atoms with Crippen LogP contribution < -0.4 is 0 Å². The molecule has 1 heterocycles. The Balaban J connectivity index is 1.96. The van der Waals surface area contributed by atoms with Gasteiger partial charge in [0.1, 0.15) is 0 Å². The van der Waals surface area contributed by atoms with Gasteiger partial charge in [0.05, 0.1) is 17.6 Å². The summed E-state index contributed by atoms with van der Waals surface area (Å²) < 4.78 is 0. The van der Waals surface area contributed by atoms with Crippen LogP contribution in [0.5, 0.6) is 0 Å². The van der Waals surface area contributed by atoms with Crippen LogP contribution in [0.1, 0.15) is 5.56 Å². The third kappa shape index (κ3) is 2.52. The molecule has 0 fully saturated rings. The van der Waals surface area contributed by atoms with Crippen LogP contribution in [0.25, 0.3) is 22.2 Å². The quantitative estimate of drug-likeness (QED) is 0.786. The van der Waals surface area contributed by atoms with Crippen LogP contribution in [0.3, 0.4) is 0 Å². The summed E-state index contributed by atoms with van der Waals surface area (Å²) in [7, 11) is 0. The van der Waals surface area contributed by atoms with Crippen molar-refractivity contribution in [3.63, 3.8) is 0 Å². The first kappa shape index (κ1) is 12.4. The van der Waals surface area contributed by atoms with Crippen LogP contribution in [0, 0.1) is 0 Å². The minimum Gasteiger partial charge on any atom is -0.481 e. The second kappa shape index (κ2) is 5.13. The number of carboxylic acid groups (broad SMARTS) is 1. The van der Waals surface area contributed by atoms with Gasteiger partial charge in [-0.05, 0) is 17.7 Å². The second-order valence-electron chi connectivity index (χ2n) is 4.66. The normalized spacial score (nSPS) is 10.6. The van der Waals surface area contributed by atoms with E-state index in [-0.39, 0.29) is 6.42 Å². The first-order chi connectivity index (χ1) is 9.72. The SMILES string of the molecule is O=C(O)Cc1ccc(-c2ccc3ccccc3n2)cc1. The predicted octanol–water partition coefficient (Wildman–Crippen LogP) is 3.53. The number of benzene rings is 2. The van der Waals surface area contributed by atoms with Gasteiger partial charge in [0.15, 0.2) is 0 Å². The molecule has 0 aliphatic rings. The molecule has 0 bridgehead atoms. The van der Waals surface area contributed by atoms with Gasteiger partial charge in [0.25, 0.3) is 0 Å². The summed E-state index contributed by atoms with van der Waals surface area (Å²) in [6.45, 7) is 0. The molecule has 0 saturated heterocycles. The zero-order valence-electron chi connectivity index (χ0n) is 10.8. The van der Waals surface area contributed by atoms with E-state index < -0.39 is 5.97 Å². The highest BCUT2D eigenvalue weighted by Crippen LogP contribution is 2.21. The summed E-state index contributed by atoms with van der Waals surface area (Å²) in [5.74, 6) is -0.818. The van der Waals surface area contributed by atoms with Crippen molar-refractivity contribution in [1.29, 1.82) is 0 Å². The molecular formula is C17H13NO2. The molecular weight excluding hydrogens is 250 g/mol. The Hall–Kier alpha value is -2.68. The zero-order valence-corrected chi connectivity index (χ0v) is 10.8. The van der Waals surface area contributed by atoms with Crippen LogP contribution in [0.4, 0.5) is 0 Å². The van der Waals surface area contributed by atoms with Crippen molar-refractivity contribution in [2.24, 2.45) is 0 Å². The minimum absolute atomic E-state index is 0.0471. The van der Waals surface area contributed by atoms with E-state index in [9.17, 15) is 4.79 Å². The number of pyridine rings is 1. The van der Waals surface area contributed by atoms with Crippen LogP contribution in [0.2, 0.25) is 0 Å². The van der Waals surface area contributed by atoms with E-state index in [0.717, 1.165) is 27.7 Å². The van der Waals surface area contributed by atoms with E-state index in [1.165, 1.54) is 0 Å². The molecule has 20 heavy (non-hydrogen) atoms. The third-order valence-electron chi connectivity index (χ3n) is 3.20. The van der Waals surface area contributed by atoms with Gasteiger partial charge in [-0.15, -0.1) is 0 Å². The first-order valence-electron chi connectivity index (χ1n) is 6.39. The molecule has 1 aromatic heterocycles. The fraction of sp³-hybridized carbons (Fsp3) is 0.0588. The molecule has 0 aliphatic heterocycles. The lowest BCUT2D eigenvalue weighted by Crippen LogP contribution is -1.99. The Morgan fingerprint density at radius 2 is 1.70 bits per heavy atom. The lowest BCUT2D eigenvalue weighted by molar-refractivity contribution is -0.136. The highest BCUT2D eigenvalue weighted by atomic mass is 16.4. The number of aromatic nitrogens is 1. The van der Waals surface area contributed by atoms with Crippen LogP contribution >= 0.6 is 0 Å². The van der Waals surface area contributed by atoms with Crippen molar-refractivity contribution in [2.75, 3.05) is 0 Å². The number of aliphatic carboxylic acids is 1. The van der Waals surface area contributed by atoms with Crippen LogP contribution in [-0.4, -0.2) is 16.1 Å². The fourth-order valence-corrected chi connectivity index (χ4v) is 2.19. The number of para-hydroxylation sites is 1. The topological polar surface area (TPSA) is 50.2 Å². The maximum absolute atomic E-state index is 10.7. The van der Waals surface area contributed by atoms with Crippen molar-refractivity contribution < 1.29 is 9.90 Å². The first-order valence-corrected chi connectivity index (χ1v) is 6.39. The molecule has 3 nitrogen and oxygen atoms in total. The van der Waals surface area contributed by atoms with Crippen molar-refractivity contribution in [3.8, 4) is 11.3 Å². The van der Waals surface area contributed by atoms with Crippen LogP contribution in [-0.2, 0) is 11.2 Å². The van der Waals surface area contributed by atoms with E-state index in [1.54, 1.807) is 0 Å². The van der Waals surface area contributed by atoms with Gasteiger partial charge in [0.2, 0.25) is 0 Å². The Kier molecular flexibility index (Phi) is 3.17. The molecule has 0 atom stereocenters. The minimum atomic E-state index is -0.818. The van der Waals surface area contributed by atoms with Crippen LogP contribution in [0.15, 0.2) is 60.7 Å². The largest absolute Gasteiger partial charge is 0.481 e. The summed E-state index contributed by atoms with van der Waals surface area (Å²) in [5, 5.41) is 9.87. The summed E-state index contributed by atoms with van der Waals surface area (Å²) in [6, 6.07) is 19.5. The maximum atomic E-state index is 10.7. The molecule has 0 aliphatic carbocycles. The van der Waals surface area contributed by atoms with Gasteiger partial charge in [-0.3, -0.25) is 4.79 Å². The van der Waals surface area contributed by atoms with E-state index >= 15 is 0 Å². The standard InChI is InChI=1S/C17H13NO2/c19-17(20)11-12-5-7-14(8-6-12)16-10-9-13-3-1-2-4-15(13)18-16/h1-10H,11H2,(H,19,20). The van der Waals surface area contributed by atoms with E-state index in [2.05, 4.69) is 4.98 Å². The lowest BCUT2D eigenvalue weighted by atomic mass is 10.1. The average molecular weight is 263 g/mol. The molecule has 3 heteroatoms. The number of carboxylic acids is 1. The summed E-state index contributed by atoms with van der Waals surface area (Å²) in [6.07, 6.45) is 0.0471. The van der Waals surface area contributed by atoms with Crippen molar-refractivity contribution in [1.82, 2.24) is 4.98 Å². The fourth-order valence-electron chi connectivity index (χ4n) is 2.19. The number of hydrogen-bond acceptors (Lipinski definition) is 2. The molecule has 0 radical (unpaired) electrons. The van der Waals surface area contributed by atoms with Gasteiger partial charge in [-0.1, -0.05) is 48.5 Å². The second-order valence-corrected chi connectivity index (χ2v) is 4.66. The Bertz CT molecular complexity index is 763. The predicted molar refractivity (Wildman–Crippen MR) is 78.5 cm³/mol. The molecule has 1 N–H and O–H groups in total. The lowest BCUT2D eigenvalue weighted by Gasteiger charge is -2.04. The monoisotopic (exact) mass is 263 g/mol. The van der Waals surface area contributed by atoms with Gasteiger partial charge in [-0.2, -0.15) is 0 Å². The third-order valence-corrected chi connectivity index (χ3v) is 3.20. The van der Waals surface area contributed by atoms with E-state index in [4.69, 9.17) is 5.11 Å². The van der Waals surface area contributed by atoms with Gasteiger partial charge in [-0.25, -0.2) is 4.98 Å². The van der Waals surface area contributed by atoms with E-state index in [0.29, 0.717) is 0 Å². The van der Waals surface area contributed by atoms with Crippen molar-refractivity contribution in [2.45, 2.75) is 6.42 Å². The van der Waals surface area contributed by atoms with Gasteiger partial charge < -0.3 is 5.11 Å². The zero-order chi connectivity index (χ0) is 13.9. The Labute approximate surface area is 116 Å². The number of hydrogen-bond donors (Lipinski definition) is 1. The number of carbonyl (C=O) groups is 1. The summed E-state index contributed by atoms with van der Waals surface area (Å²) >= 11 is 0. The highest BCUT2D eigenvalue weighted by molar-refractivity contribution is 5.81. The highest BCUT2D eigenvalue weighted by Gasteiger charge is 2.03. The number of fused-ring (bicyclic) bond motifs is 1. The number of rotatable bonds is 3. The van der Waals surface area contributed by atoms with Crippen molar-refractivity contribution >= 4 is 16.9 Å². The Morgan fingerprint density at radius 3 is 2.45 bits per heavy atom. The summed E-state index contributed by atoms with van der Waals surface area (Å²) in [5.41, 5.74) is 3.64. The molecule has 0 unspecified atom stereocenters. The molecule has 3 rings (SSSR count). The van der Waals surface area contributed by atoms with E-state index in [1.807, 2.05) is 60.7 Å². The smallest absolute Gasteiger partial charge is 0.307 e. The summed E-state index contributed by atoms with van der Waals surface area (Å²) in [4.78, 5) is 15.3. The Morgan fingerprint density at radius 1 is 0.950 bits per heavy atom. The average Bonchev–Trinajstić information content (AvgIpc) is 2.47. The molecule has 0 saturated carbocycles. The molecule has 98 valence electrons. The number of nitrogens with zero attached hydrogens (tertiary/aromatic N) is 1. The van der Waals surface area contributed by atoms with Crippen molar-refractivity contribution in [3.05, 3.63) is 66.2 Å².